The Morgan fingerprint density at radius 1 is 1.44 bits per heavy atom. The van der Waals surface area contributed by atoms with Gasteiger partial charge in [0.1, 0.15) is 0 Å². The summed E-state index contributed by atoms with van der Waals surface area (Å²) in [7, 11) is -4.36. The summed E-state index contributed by atoms with van der Waals surface area (Å²) in [5.74, 6) is 0. The maximum absolute atomic E-state index is 11.7. The summed E-state index contributed by atoms with van der Waals surface area (Å²) >= 11 is 0.947. The van der Waals surface area contributed by atoms with Crippen molar-refractivity contribution in [3.63, 3.8) is 0 Å². The first-order valence-corrected chi connectivity index (χ1v) is 6.43. The standard InChI is InChI=1S/C7H8FNO5S2/c1-15-14-13-9-6-3-2-4-7(5-6)16(10,11)12-8/h2-5,9H,1H3. The molecule has 0 aliphatic heterocycles. The Labute approximate surface area is 95.8 Å². The topological polar surface area (TPSA) is 73.9 Å². The van der Waals surface area contributed by atoms with Crippen LogP contribution in [0.5, 0.6) is 0 Å². The molecule has 16 heavy (non-hydrogen) atoms. The second kappa shape index (κ2) is 6.01. The van der Waals surface area contributed by atoms with Gasteiger partial charge in [0.25, 0.3) is 0 Å². The highest BCUT2D eigenvalue weighted by molar-refractivity contribution is 7.93. The number of nitrogens with one attached hydrogen (secondary N) is 1. The van der Waals surface area contributed by atoms with Gasteiger partial charge in [-0.2, -0.15) is 8.42 Å². The van der Waals surface area contributed by atoms with Gasteiger partial charge in [-0.1, -0.05) is 10.5 Å². The molecule has 1 rings (SSSR count). The first kappa shape index (κ1) is 13.2. The molecule has 0 atom stereocenters. The average Bonchev–Trinajstić information content (AvgIpc) is 2.30. The van der Waals surface area contributed by atoms with Crippen LogP contribution in [-0.2, 0) is 23.8 Å². The van der Waals surface area contributed by atoms with E-state index in [1.165, 1.54) is 18.2 Å². The van der Waals surface area contributed by atoms with E-state index in [0.717, 1.165) is 18.1 Å². The lowest BCUT2D eigenvalue weighted by molar-refractivity contribution is -0.160. The highest BCUT2D eigenvalue weighted by Gasteiger charge is 2.15. The van der Waals surface area contributed by atoms with Crippen LogP contribution in [0.4, 0.5) is 10.2 Å². The molecule has 6 nitrogen and oxygen atoms in total. The molecule has 0 heterocycles. The van der Waals surface area contributed by atoms with Crippen LogP contribution in [0.2, 0.25) is 0 Å². The van der Waals surface area contributed by atoms with E-state index in [4.69, 9.17) is 0 Å². The molecule has 0 bridgehead atoms. The molecule has 0 aromatic heterocycles. The van der Waals surface area contributed by atoms with Crippen LogP contribution in [0, 0.1) is 0 Å². The number of anilines is 1. The number of halogens is 1. The van der Waals surface area contributed by atoms with Crippen LogP contribution >= 0.6 is 12.0 Å². The maximum atomic E-state index is 11.7. The van der Waals surface area contributed by atoms with Gasteiger partial charge in [-0.3, -0.25) is 0 Å². The first-order valence-electron chi connectivity index (χ1n) is 3.88. The number of hydrogen-bond acceptors (Lipinski definition) is 7. The quantitative estimate of drug-likeness (QED) is 0.365. The molecule has 1 N–H and O–H groups in total. The minimum absolute atomic E-state index is 0.271. The summed E-state index contributed by atoms with van der Waals surface area (Å²) in [5, 5.41) is 0. The van der Waals surface area contributed by atoms with E-state index in [0.29, 0.717) is 0 Å². The first-order chi connectivity index (χ1) is 7.60. The third-order valence-electron chi connectivity index (χ3n) is 1.47. The summed E-state index contributed by atoms with van der Waals surface area (Å²) in [6, 6.07) is 5.19. The fourth-order valence-electron chi connectivity index (χ4n) is 0.851. The number of rotatable bonds is 6. The van der Waals surface area contributed by atoms with E-state index in [2.05, 4.69) is 19.2 Å². The zero-order valence-corrected chi connectivity index (χ0v) is 9.68. The minimum Gasteiger partial charge on any atom is -0.234 e. The van der Waals surface area contributed by atoms with E-state index < -0.39 is 10.1 Å². The van der Waals surface area contributed by atoms with E-state index in [1.807, 2.05) is 0 Å². The summed E-state index contributed by atoms with van der Waals surface area (Å²) in [6.07, 6.45) is 1.62. The Balaban J connectivity index is 2.79. The van der Waals surface area contributed by atoms with Crippen molar-refractivity contribution in [3.05, 3.63) is 24.3 Å². The van der Waals surface area contributed by atoms with Gasteiger partial charge in [0.05, 0.1) is 10.6 Å². The van der Waals surface area contributed by atoms with Crippen LogP contribution < -0.4 is 5.48 Å². The minimum atomic E-state index is -4.36. The highest BCUT2D eigenvalue weighted by Crippen LogP contribution is 2.17. The molecule has 1 aromatic carbocycles. The van der Waals surface area contributed by atoms with Crippen molar-refractivity contribution in [2.24, 2.45) is 0 Å². The molecule has 9 heteroatoms. The maximum Gasteiger partial charge on any atom is 0.327 e. The third kappa shape index (κ3) is 3.61. The molecule has 0 saturated heterocycles. The third-order valence-corrected chi connectivity index (χ3v) is 2.67. The van der Waals surface area contributed by atoms with Gasteiger partial charge in [-0.05, 0) is 22.7 Å². The van der Waals surface area contributed by atoms with Crippen molar-refractivity contribution in [2.75, 3.05) is 11.7 Å². The van der Waals surface area contributed by atoms with Gasteiger partial charge in [-0.15, -0.1) is 9.32 Å². The predicted octanol–water partition coefficient (Wildman–Crippen LogP) is 1.83. The zero-order valence-electron chi connectivity index (χ0n) is 8.05. The Kier molecular flexibility index (Phi) is 4.96. The van der Waals surface area contributed by atoms with Crippen LogP contribution in [0.15, 0.2) is 29.2 Å². The van der Waals surface area contributed by atoms with Crippen molar-refractivity contribution < 1.29 is 26.7 Å². The molecule has 0 aliphatic rings. The smallest absolute Gasteiger partial charge is 0.234 e. The summed E-state index contributed by atoms with van der Waals surface area (Å²) in [5.41, 5.74) is 2.57. The number of benzene rings is 1. The van der Waals surface area contributed by atoms with Crippen molar-refractivity contribution in [3.8, 4) is 0 Å². The Bertz CT molecular complexity index is 438. The summed E-state index contributed by atoms with van der Waals surface area (Å²) in [4.78, 5) is 4.11. The fraction of sp³-hybridized carbons (Fsp3) is 0.143. The highest BCUT2D eigenvalue weighted by atomic mass is 32.2. The average molecular weight is 269 g/mol. The summed E-state index contributed by atoms with van der Waals surface area (Å²) < 4.78 is 41.0. The van der Waals surface area contributed by atoms with Crippen molar-refractivity contribution in [1.29, 1.82) is 0 Å². The lowest BCUT2D eigenvalue weighted by Crippen LogP contribution is -2.03. The molecule has 0 fully saturated rings. The Hall–Kier alpha value is -0.870. The zero-order chi connectivity index (χ0) is 12.0. The van der Waals surface area contributed by atoms with Crippen molar-refractivity contribution in [2.45, 2.75) is 4.90 Å². The van der Waals surface area contributed by atoms with E-state index >= 15 is 0 Å². The molecule has 0 radical (unpaired) electrons. The molecule has 0 saturated carbocycles. The molecule has 0 spiro atoms. The predicted molar refractivity (Wildman–Crippen MR) is 55.1 cm³/mol. The molecule has 0 aliphatic carbocycles. The second-order valence-electron chi connectivity index (χ2n) is 2.47. The van der Waals surface area contributed by atoms with Crippen molar-refractivity contribution >= 4 is 27.8 Å². The SMILES string of the molecule is CSOONc1cccc(S(=O)(=O)OF)c1. The van der Waals surface area contributed by atoms with Gasteiger partial charge < -0.3 is 0 Å². The number of hydrogen-bond donors (Lipinski definition) is 1. The molecule has 0 unspecified atom stereocenters. The normalized spacial score (nSPS) is 11.4. The molecular formula is C7H8FNO5S2. The van der Waals surface area contributed by atoms with Gasteiger partial charge in [0, 0.05) is 18.3 Å². The van der Waals surface area contributed by atoms with E-state index in [1.54, 1.807) is 6.26 Å². The van der Waals surface area contributed by atoms with E-state index in [-0.39, 0.29) is 10.6 Å². The Morgan fingerprint density at radius 3 is 2.81 bits per heavy atom. The van der Waals surface area contributed by atoms with Crippen LogP contribution in [0.1, 0.15) is 0 Å². The monoisotopic (exact) mass is 269 g/mol. The Morgan fingerprint density at radius 2 is 2.19 bits per heavy atom. The molecule has 0 amide bonds. The molecule has 1 aromatic rings. The van der Waals surface area contributed by atoms with Gasteiger partial charge in [-0.25, -0.2) is 5.48 Å². The fourth-order valence-corrected chi connectivity index (χ4v) is 1.54. The summed E-state index contributed by atoms with van der Waals surface area (Å²) in [6.45, 7) is 0. The van der Waals surface area contributed by atoms with Crippen LogP contribution in [0.25, 0.3) is 0 Å². The van der Waals surface area contributed by atoms with Gasteiger partial charge >= 0.3 is 10.1 Å². The lowest BCUT2D eigenvalue weighted by Gasteiger charge is -2.04. The van der Waals surface area contributed by atoms with E-state index in [9.17, 15) is 12.9 Å². The van der Waals surface area contributed by atoms with Crippen molar-refractivity contribution in [1.82, 2.24) is 0 Å². The lowest BCUT2D eigenvalue weighted by atomic mass is 10.3. The second-order valence-corrected chi connectivity index (χ2v) is 4.44. The molecular weight excluding hydrogens is 261 g/mol. The molecule has 90 valence electrons. The van der Waals surface area contributed by atoms with Crippen LogP contribution in [0.3, 0.4) is 0 Å². The van der Waals surface area contributed by atoms with Crippen LogP contribution in [-0.4, -0.2) is 14.7 Å². The van der Waals surface area contributed by atoms with Gasteiger partial charge in [0.15, 0.2) is 0 Å². The van der Waals surface area contributed by atoms with Gasteiger partial charge in [0.2, 0.25) is 0 Å². The largest absolute Gasteiger partial charge is 0.327 e.